The first kappa shape index (κ1) is 15.2. The highest BCUT2D eigenvalue weighted by molar-refractivity contribution is 5.96. The van der Waals surface area contributed by atoms with Crippen LogP contribution in [-0.2, 0) is 0 Å². The average molecular weight is 273 g/mol. The van der Waals surface area contributed by atoms with Gasteiger partial charge in [-0.25, -0.2) is 0 Å². The lowest BCUT2D eigenvalue weighted by Crippen LogP contribution is -2.34. The zero-order valence-electron chi connectivity index (χ0n) is 13.1. The molecule has 1 aliphatic rings. The van der Waals surface area contributed by atoms with Gasteiger partial charge >= 0.3 is 0 Å². The van der Waals surface area contributed by atoms with Crippen molar-refractivity contribution >= 4 is 5.78 Å². The first-order chi connectivity index (χ1) is 9.46. The predicted octanol–water partition coefficient (Wildman–Crippen LogP) is 4.02. The summed E-state index contributed by atoms with van der Waals surface area (Å²) in [5.41, 5.74) is 1.21. The van der Waals surface area contributed by atoms with Gasteiger partial charge in [-0.1, -0.05) is 51.1 Å². The summed E-state index contributed by atoms with van der Waals surface area (Å²) < 4.78 is 0. The van der Waals surface area contributed by atoms with Crippen molar-refractivity contribution in [3.63, 3.8) is 0 Å². The number of rotatable bonds is 4. The van der Waals surface area contributed by atoms with Crippen LogP contribution in [0.4, 0.5) is 0 Å². The van der Waals surface area contributed by atoms with E-state index in [9.17, 15) is 4.79 Å². The lowest BCUT2D eigenvalue weighted by molar-refractivity contribution is 0.0954. The Kier molecular flexibility index (Phi) is 4.98. The van der Waals surface area contributed by atoms with Crippen molar-refractivity contribution in [1.29, 1.82) is 0 Å². The Balaban J connectivity index is 1.88. The van der Waals surface area contributed by atoms with Crippen LogP contribution in [0, 0.1) is 11.3 Å². The van der Waals surface area contributed by atoms with Crippen LogP contribution in [0.1, 0.15) is 50.4 Å². The molecule has 20 heavy (non-hydrogen) atoms. The highest BCUT2D eigenvalue weighted by atomic mass is 16.1. The lowest BCUT2D eigenvalue weighted by Gasteiger charge is -2.29. The second-order valence-electron chi connectivity index (χ2n) is 7.08. The minimum absolute atomic E-state index is 0.265. The van der Waals surface area contributed by atoms with Crippen LogP contribution in [-0.4, -0.2) is 30.3 Å². The largest absolute Gasteiger partial charge is 0.302 e. The number of carbonyl (C=O) groups is 1. The van der Waals surface area contributed by atoms with Gasteiger partial charge in [0.05, 0.1) is 0 Å². The maximum atomic E-state index is 12.2. The van der Waals surface area contributed by atoms with Crippen LogP contribution in [0.25, 0.3) is 0 Å². The number of benzene rings is 1. The van der Waals surface area contributed by atoms with E-state index in [0.717, 1.165) is 31.1 Å². The first-order valence-corrected chi connectivity index (χ1v) is 7.77. The van der Waals surface area contributed by atoms with E-state index in [4.69, 9.17) is 0 Å². The summed E-state index contributed by atoms with van der Waals surface area (Å²) in [6, 6.07) is 9.65. The van der Waals surface area contributed by atoms with E-state index in [2.05, 4.69) is 25.7 Å². The Morgan fingerprint density at radius 2 is 2.00 bits per heavy atom. The van der Waals surface area contributed by atoms with E-state index in [1.807, 2.05) is 30.3 Å². The van der Waals surface area contributed by atoms with Gasteiger partial charge in [0.2, 0.25) is 0 Å². The van der Waals surface area contributed by atoms with Crippen LogP contribution in [0.5, 0.6) is 0 Å². The highest BCUT2D eigenvalue weighted by Crippen LogP contribution is 2.31. The number of ketones is 1. The maximum absolute atomic E-state index is 12.2. The Bertz CT molecular complexity index is 438. The summed E-state index contributed by atoms with van der Waals surface area (Å²) in [6.45, 7) is 10.2. The third-order valence-electron chi connectivity index (χ3n) is 4.24. The molecule has 1 aliphatic heterocycles. The van der Waals surface area contributed by atoms with Crippen molar-refractivity contribution < 1.29 is 4.79 Å². The highest BCUT2D eigenvalue weighted by Gasteiger charge is 2.28. The molecule has 0 aliphatic carbocycles. The Morgan fingerprint density at radius 1 is 1.30 bits per heavy atom. The summed E-state index contributed by atoms with van der Waals surface area (Å²) in [5, 5.41) is 0. The SMILES string of the molecule is CC1CCN(CCC(=O)c2ccccc2)CC(C)(C)C1. The second kappa shape index (κ2) is 6.53. The fourth-order valence-corrected chi connectivity index (χ4v) is 3.42. The fraction of sp³-hybridized carbons (Fsp3) is 0.611. The van der Waals surface area contributed by atoms with Gasteiger partial charge in [0.1, 0.15) is 0 Å². The van der Waals surface area contributed by atoms with Gasteiger partial charge < -0.3 is 4.90 Å². The van der Waals surface area contributed by atoms with E-state index in [-0.39, 0.29) is 5.78 Å². The Morgan fingerprint density at radius 3 is 2.70 bits per heavy atom. The molecule has 1 atom stereocenters. The zero-order valence-corrected chi connectivity index (χ0v) is 13.1. The average Bonchev–Trinajstić information content (AvgIpc) is 2.54. The van der Waals surface area contributed by atoms with E-state index < -0.39 is 0 Å². The van der Waals surface area contributed by atoms with E-state index >= 15 is 0 Å². The van der Waals surface area contributed by atoms with Crippen LogP contribution in [0.15, 0.2) is 30.3 Å². The van der Waals surface area contributed by atoms with Crippen molar-refractivity contribution in [3.05, 3.63) is 35.9 Å². The minimum atomic E-state index is 0.265. The summed E-state index contributed by atoms with van der Waals surface area (Å²) in [6.07, 6.45) is 3.17. The number of likely N-dealkylation sites (tertiary alicyclic amines) is 1. The van der Waals surface area contributed by atoms with Crippen molar-refractivity contribution in [3.8, 4) is 0 Å². The molecule has 1 heterocycles. The van der Waals surface area contributed by atoms with Gasteiger partial charge in [-0.2, -0.15) is 0 Å². The molecule has 2 rings (SSSR count). The van der Waals surface area contributed by atoms with Gasteiger partial charge in [-0.05, 0) is 30.7 Å². The van der Waals surface area contributed by atoms with Gasteiger partial charge in [-0.15, -0.1) is 0 Å². The van der Waals surface area contributed by atoms with Gasteiger partial charge in [0.15, 0.2) is 5.78 Å². The molecule has 2 nitrogen and oxygen atoms in total. The molecule has 1 aromatic carbocycles. The van der Waals surface area contributed by atoms with Crippen LogP contribution >= 0.6 is 0 Å². The smallest absolute Gasteiger partial charge is 0.164 e. The molecule has 0 saturated carbocycles. The molecule has 0 spiro atoms. The molecule has 0 amide bonds. The standard InChI is InChI=1S/C18H27NO/c1-15-9-11-19(14-18(2,3)13-15)12-10-17(20)16-7-5-4-6-8-16/h4-8,15H,9-14H2,1-3H3. The normalized spacial score (nSPS) is 23.2. The van der Waals surface area contributed by atoms with Crippen molar-refractivity contribution in [1.82, 2.24) is 4.90 Å². The maximum Gasteiger partial charge on any atom is 0.164 e. The molecular weight excluding hydrogens is 246 g/mol. The molecule has 0 bridgehead atoms. The predicted molar refractivity (Wildman–Crippen MR) is 84.0 cm³/mol. The first-order valence-electron chi connectivity index (χ1n) is 7.77. The third-order valence-corrected chi connectivity index (χ3v) is 4.24. The molecule has 1 fully saturated rings. The van der Waals surface area contributed by atoms with Crippen LogP contribution in [0.2, 0.25) is 0 Å². The van der Waals surface area contributed by atoms with Crippen molar-refractivity contribution in [2.75, 3.05) is 19.6 Å². The second-order valence-corrected chi connectivity index (χ2v) is 7.08. The number of hydrogen-bond acceptors (Lipinski definition) is 2. The summed E-state index contributed by atoms with van der Waals surface area (Å²) in [5.74, 6) is 1.06. The monoisotopic (exact) mass is 273 g/mol. The van der Waals surface area contributed by atoms with E-state index in [0.29, 0.717) is 11.8 Å². The van der Waals surface area contributed by atoms with Crippen LogP contribution < -0.4 is 0 Å². The van der Waals surface area contributed by atoms with Gasteiger partial charge in [0, 0.05) is 25.1 Å². The molecule has 1 saturated heterocycles. The number of hydrogen-bond donors (Lipinski definition) is 0. The quantitative estimate of drug-likeness (QED) is 0.772. The molecule has 0 aromatic heterocycles. The lowest BCUT2D eigenvalue weighted by atomic mass is 9.83. The molecule has 1 unspecified atom stereocenters. The summed E-state index contributed by atoms with van der Waals surface area (Å²) in [7, 11) is 0. The van der Waals surface area contributed by atoms with Gasteiger partial charge in [0.25, 0.3) is 0 Å². The number of carbonyl (C=O) groups excluding carboxylic acids is 1. The third kappa shape index (κ3) is 4.45. The zero-order chi connectivity index (χ0) is 14.6. The minimum Gasteiger partial charge on any atom is -0.302 e. The van der Waals surface area contributed by atoms with Crippen LogP contribution in [0.3, 0.4) is 0 Å². The molecular formula is C18H27NO. The molecule has 0 radical (unpaired) electrons. The van der Waals surface area contributed by atoms with Crippen molar-refractivity contribution in [2.24, 2.45) is 11.3 Å². The Hall–Kier alpha value is -1.15. The molecule has 1 aromatic rings. The number of nitrogens with zero attached hydrogens (tertiary/aromatic N) is 1. The molecule has 2 heteroatoms. The van der Waals surface area contributed by atoms with Crippen molar-refractivity contribution in [2.45, 2.75) is 40.0 Å². The topological polar surface area (TPSA) is 20.3 Å². The molecule has 0 N–H and O–H groups in total. The summed E-state index contributed by atoms with van der Waals surface area (Å²) in [4.78, 5) is 14.6. The molecule has 110 valence electrons. The van der Waals surface area contributed by atoms with E-state index in [1.165, 1.54) is 12.8 Å². The summed E-state index contributed by atoms with van der Waals surface area (Å²) >= 11 is 0. The van der Waals surface area contributed by atoms with Gasteiger partial charge in [-0.3, -0.25) is 4.79 Å². The van der Waals surface area contributed by atoms with E-state index in [1.54, 1.807) is 0 Å². The Labute approximate surface area is 123 Å². The number of Topliss-reactive ketones (excluding diaryl/α,β-unsaturated/α-hetero) is 1. The fourth-order valence-electron chi connectivity index (χ4n) is 3.42.